The predicted octanol–water partition coefficient (Wildman–Crippen LogP) is 1.93. The van der Waals surface area contributed by atoms with E-state index < -0.39 is 0 Å². The summed E-state index contributed by atoms with van der Waals surface area (Å²) in [5.41, 5.74) is 0.628. The summed E-state index contributed by atoms with van der Waals surface area (Å²) in [5.74, 6) is -0.157. The van der Waals surface area contributed by atoms with Crippen LogP contribution in [0.25, 0.3) is 0 Å². The van der Waals surface area contributed by atoms with Crippen molar-refractivity contribution in [2.24, 2.45) is 5.92 Å². The molecule has 2 saturated heterocycles. The first-order valence-electron chi connectivity index (χ1n) is 6.44. The number of hydrogen-bond acceptors (Lipinski definition) is 2. The van der Waals surface area contributed by atoms with Gasteiger partial charge in [-0.05, 0) is 37.5 Å². The lowest BCUT2D eigenvalue weighted by molar-refractivity contribution is -0.122. The number of benzene rings is 1. The van der Waals surface area contributed by atoms with Crippen molar-refractivity contribution < 1.29 is 9.18 Å². The molecule has 2 fully saturated rings. The van der Waals surface area contributed by atoms with Gasteiger partial charge in [-0.15, -0.1) is 0 Å². The van der Waals surface area contributed by atoms with E-state index in [1.807, 2.05) is 0 Å². The van der Waals surface area contributed by atoms with E-state index in [9.17, 15) is 9.18 Å². The molecule has 1 aromatic carbocycles. The standard InChI is InChI=1S/C14H17FN2O/c1-17(11-4-2-3-9(15)7-11)14(18)12-8-10-5-6-13(12)16-10/h2-4,7,10,12-13,16H,5-6,8H2,1H3. The van der Waals surface area contributed by atoms with Gasteiger partial charge in [0.15, 0.2) is 0 Å². The molecular weight excluding hydrogens is 231 g/mol. The lowest BCUT2D eigenvalue weighted by Crippen LogP contribution is -2.38. The van der Waals surface area contributed by atoms with Gasteiger partial charge < -0.3 is 10.2 Å². The van der Waals surface area contributed by atoms with Crippen molar-refractivity contribution in [3.8, 4) is 0 Å². The van der Waals surface area contributed by atoms with Gasteiger partial charge in [-0.2, -0.15) is 0 Å². The monoisotopic (exact) mass is 248 g/mol. The summed E-state index contributed by atoms with van der Waals surface area (Å²) in [6.45, 7) is 0. The van der Waals surface area contributed by atoms with E-state index in [1.54, 1.807) is 24.1 Å². The highest BCUT2D eigenvalue weighted by atomic mass is 19.1. The molecule has 0 spiro atoms. The zero-order valence-electron chi connectivity index (χ0n) is 10.4. The SMILES string of the molecule is CN(C(=O)C1CC2CCC1N2)c1cccc(F)c1. The average Bonchev–Trinajstić information content (AvgIpc) is 2.99. The molecule has 0 aliphatic carbocycles. The molecule has 1 aromatic rings. The summed E-state index contributed by atoms with van der Waals surface area (Å²) in [6.07, 6.45) is 3.18. The summed E-state index contributed by atoms with van der Waals surface area (Å²) in [5, 5.41) is 3.45. The fraction of sp³-hybridized carbons (Fsp3) is 0.500. The summed E-state index contributed by atoms with van der Waals surface area (Å²) < 4.78 is 13.2. The van der Waals surface area contributed by atoms with Gasteiger partial charge in [0.25, 0.3) is 0 Å². The molecular formula is C14H17FN2O. The summed E-state index contributed by atoms with van der Waals surface area (Å²) in [4.78, 5) is 14.0. The minimum absolute atomic E-state index is 0.0528. The van der Waals surface area contributed by atoms with Crippen molar-refractivity contribution in [1.29, 1.82) is 0 Å². The molecule has 2 aliphatic rings. The smallest absolute Gasteiger partial charge is 0.231 e. The first-order chi connectivity index (χ1) is 8.65. The Morgan fingerprint density at radius 1 is 1.44 bits per heavy atom. The van der Waals surface area contributed by atoms with Crippen LogP contribution in [0.2, 0.25) is 0 Å². The normalized spacial score (nSPS) is 29.6. The van der Waals surface area contributed by atoms with Crippen LogP contribution < -0.4 is 10.2 Å². The molecule has 0 radical (unpaired) electrons. The molecule has 96 valence electrons. The second-order valence-corrected chi connectivity index (χ2v) is 5.27. The number of hydrogen-bond donors (Lipinski definition) is 1. The maximum atomic E-state index is 13.2. The lowest BCUT2D eigenvalue weighted by atomic mass is 9.88. The summed E-state index contributed by atoms with van der Waals surface area (Å²) in [6, 6.07) is 7.01. The molecule has 2 aliphatic heterocycles. The van der Waals surface area contributed by atoms with E-state index in [0.29, 0.717) is 17.8 Å². The Balaban J connectivity index is 1.76. The minimum Gasteiger partial charge on any atom is -0.315 e. The highest BCUT2D eigenvalue weighted by molar-refractivity contribution is 5.95. The number of fused-ring (bicyclic) bond motifs is 2. The van der Waals surface area contributed by atoms with Crippen LogP contribution in [0.3, 0.4) is 0 Å². The largest absolute Gasteiger partial charge is 0.315 e. The van der Waals surface area contributed by atoms with Gasteiger partial charge in [0.05, 0.1) is 5.92 Å². The number of rotatable bonds is 2. The maximum absolute atomic E-state index is 13.2. The number of anilines is 1. The Labute approximate surface area is 106 Å². The molecule has 0 saturated carbocycles. The Kier molecular flexibility index (Phi) is 2.82. The number of carbonyl (C=O) groups is 1. The second kappa shape index (κ2) is 4.35. The van der Waals surface area contributed by atoms with E-state index >= 15 is 0 Å². The van der Waals surface area contributed by atoms with Crippen molar-refractivity contribution in [1.82, 2.24) is 5.32 Å². The molecule has 1 N–H and O–H groups in total. The highest BCUT2D eigenvalue weighted by Crippen LogP contribution is 2.34. The van der Waals surface area contributed by atoms with E-state index in [4.69, 9.17) is 0 Å². The van der Waals surface area contributed by atoms with E-state index in [1.165, 1.54) is 18.6 Å². The van der Waals surface area contributed by atoms with Crippen LogP contribution in [-0.4, -0.2) is 25.0 Å². The topological polar surface area (TPSA) is 32.3 Å². The number of amides is 1. The van der Waals surface area contributed by atoms with Gasteiger partial charge in [-0.1, -0.05) is 6.07 Å². The molecule has 4 heteroatoms. The zero-order valence-corrected chi connectivity index (χ0v) is 10.4. The average molecular weight is 248 g/mol. The van der Waals surface area contributed by atoms with E-state index in [-0.39, 0.29) is 17.6 Å². The number of nitrogens with one attached hydrogen (secondary N) is 1. The third-order valence-electron chi connectivity index (χ3n) is 4.14. The fourth-order valence-electron chi connectivity index (χ4n) is 3.16. The molecule has 18 heavy (non-hydrogen) atoms. The van der Waals surface area contributed by atoms with Gasteiger partial charge in [0.2, 0.25) is 5.91 Å². The van der Waals surface area contributed by atoms with Crippen molar-refractivity contribution in [3.05, 3.63) is 30.1 Å². The third kappa shape index (κ3) is 1.90. The quantitative estimate of drug-likeness (QED) is 0.867. The van der Waals surface area contributed by atoms with Crippen molar-refractivity contribution in [3.63, 3.8) is 0 Å². The third-order valence-corrected chi connectivity index (χ3v) is 4.14. The second-order valence-electron chi connectivity index (χ2n) is 5.27. The van der Waals surface area contributed by atoms with Gasteiger partial charge in [0, 0.05) is 24.8 Å². The Bertz CT molecular complexity index is 477. The molecule has 3 atom stereocenters. The molecule has 2 heterocycles. The van der Waals surface area contributed by atoms with Gasteiger partial charge in [0.1, 0.15) is 5.82 Å². The number of nitrogens with zero attached hydrogens (tertiary/aromatic N) is 1. The Morgan fingerprint density at radius 2 is 2.28 bits per heavy atom. The van der Waals surface area contributed by atoms with Crippen LogP contribution in [0.15, 0.2) is 24.3 Å². The van der Waals surface area contributed by atoms with Crippen LogP contribution in [0.4, 0.5) is 10.1 Å². The molecule has 3 rings (SSSR count). The molecule has 1 amide bonds. The van der Waals surface area contributed by atoms with Crippen molar-refractivity contribution in [2.45, 2.75) is 31.3 Å². The molecule has 0 aromatic heterocycles. The number of halogens is 1. The maximum Gasteiger partial charge on any atom is 0.231 e. The van der Waals surface area contributed by atoms with Gasteiger partial charge >= 0.3 is 0 Å². The molecule has 3 nitrogen and oxygen atoms in total. The highest BCUT2D eigenvalue weighted by Gasteiger charge is 2.43. The van der Waals surface area contributed by atoms with Crippen LogP contribution in [0, 0.1) is 11.7 Å². The first kappa shape index (κ1) is 11.7. The molecule has 2 bridgehead atoms. The minimum atomic E-state index is -0.307. The van der Waals surface area contributed by atoms with E-state index in [0.717, 1.165) is 12.8 Å². The van der Waals surface area contributed by atoms with E-state index in [2.05, 4.69) is 5.32 Å². The Morgan fingerprint density at radius 3 is 2.89 bits per heavy atom. The van der Waals surface area contributed by atoms with Gasteiger partial charge in [-0.3, -0.25) is 4.79 Å². The lowest BCUT2D eigenvalue weighted by Gasteiger charge is -2.25. The number of carbonyl (C=O) groups excluding carboxylic acids is 1. The van der Waals surface area contributed by atoms with Crippen molar-refractivity contribution >= 4 is 11.6 Å². The summed E-state index contributed by atoms with van der Waals surface area (Å²) in [7, 11) is 1.73. The fourth-order valence-corrected chi connectivity index (χ4v) is 3.16. The van der Waals surface area contributed by atoms with Crippen molar-refractivity contribution in [2.75, 3.05) is 11.9 Å². The van der Waals surface area contributed by atoms with Gasteiger partial charge in [-0.25, -0.2) is 4.39 Å². The predicted molar refractivity (Wildman–Crippen MR) is 67.9 cm³/mol. The Hall–Kier alpha value is -1.42. The summed E-state index contributed by atoms with van der Waals surface area (Å²) >= 11 is 0. The zero-order chi connectivity index (χ0) is 12.7. The first-order valence-corrected chi connectivity index (χ1v) is 6.44. The van der Waals surface area contributed by atoms with Crippen LogP contribution in [-0.2, 0) is 4.79 Å². The molecule has 3 unspecified atom stereocenters. The van der Waals surface area contributed by atoms with Crippen LogP contribution in [0.5, 0.6) is 0 Å². The van der Waals surface area contributed by atoms with Crippen LogP contribution >= 0.6 is 0 Å². The van der Waals surface area contributed by atoms with Crippen LogP contribution in [0.1, 0.15) is 19.3 Å².